The molecule has 0 aromatic heterocycles. The lowest BCUT2D eigenvalue weighted by atomic mass is 9.85. The van der Waals surface area contributed by atoms with E-state index in [1.165, 1.54) is 16.7 Å². The predicted molar refractivity (Wildman–Crippen MR) is 89.1 cm³/mol. The Balaban J connectivity index is 2.97. The third-order valence-corrected chi connectivity index (χ3v) is 4.00. The lowest BCUT2D eigenvalue weighted by Gasteiger charge is -2.23. The minimum atomic E-state index is -0.256. The molecule has 0 aliphatic carbocycles. The molecule has 0 bridgehead atoms. The van der Waals surface area contributed by atoms with Crippen molar-refractivity contribution in [2.45, 2.75) is 65.3 Å². The number of primary amides is 1. The normalized spacial score (nSPS) is 14.5. The molecule has 0 aliphatic heterocycles. The van der Waals surface area contributed by atoms with E-state index < -0.39 is 0 Å². The molecule has 21 heavy (non-hydrogen) atoms. The van der Waals surface area contributed by atoms with Gasteiger partial charge < -0.3 is 11.5 Å². The van der Waals surface area contributed by atoms with Gasteiger partial charge in [0.15, 0.2) is 0 Å². The van der Waals surface area contributed by atoms with Gasteiger partial charge in [0, 0.05) is 12.5 Å². The van der Waals surface area contributed by atoms with E-state index in [1.54, 1.807) is 0 Å². The summed E-state index contributed by atoms with van der Waals surface area (Å²) in [7, 11) is 0. The van der Waals surface area contributed by atoms with Gasteiger partial charge in [0.2, 0.25) is 5.91 Å². The number of benzene rings is 1. The second kappa shape index (κ2) is 7.60. The van der Waals surface area contributed by atoms with Crippen molar-refractivity contribution in [1.82, 2.24) is 0 Å². The van der Waals surface area contributed by atoms with E-state index in [0.29, 0.717) is 18.3 Å². The van der Waals surface area contributed by atoms with Gasteiger partial charge in [-0.25, -0.2) is 0 Å². The van der Waals surface area contributed by atoms with Gasteiger partial charge in [0.25, 0.3) is 0 Å². The summed E-state index contributed by atoms with van der Waals surface area (Å²) in [6, 6.07) is 6.57. The Morgan fingerprint density at radius 3 is 2.14 bits per heavy atom. The minimum absolute atomic E-state index is 0.0436. The Morgan fingerprint density at radius 1 is 1.05 bits per heavy atom. The summed E-state index contributed by atoms with van der Waals surface area (Å²) in [5.41, 5.74) is 15.5. The van der Waals surface area contributed by atoms with Crippen molar-refractivity contribution in [3.05, 3.63) is 34.9 Å². The molecular weight excluding hydrogens is 260 g/mol. The zero-order chi connectivity index (χ0) is 16.2. The van der Waals surface area contributed by atoms with Gasteiger partial charge >= 0.3 is 0 Å². The molecule has 0 aliphatic rings. The fourth-order valence-corrected chi connectivity index (χ4v) is 2.78. The summed E-state index contributed by atoms with van der Waals surface area (Å²) < 4.78 is 0. The number of nitrogens with two attached hydrogens (primary N) is 2. The first-order valence-corrected chi connectivity index (χ1v) is 7.90. The average molecular weight is 290 g/mol. The van der Waals surface area contributed by atoms with E-state index in [-0.39, 0.29) is 17.9 Å². The van der Waals surface area contributed by atoms with Crippen LogP contribution in [0.2, 0.25) is 0 Å². The van der Waals surface area contributed by atoms with Crippen LogP contribution in [0.15, 0.2) is 18.2 Å². The Hall–Kier alpha value is -1.35. The van der Waals surface area contributed by atoms with Crippen molar-refractivity contribution in [2.24, 2.45) is 17.4 Å². The maximum atomic E-state index is 11.0. The average Bonchev–Trinajstić information content (AvgIpc) is 2.36. The van der Waals surface area contributed by atoms with Crippen LogP contribution in [-0.4, -0.2) is 5.91 Å². The molecule has 1 aromatic carbocycles. The van der Waals surface area contributed by atoms with Crippen LogP contribution in [0, 0.1) is 5.92 Å². The molecule has 0 fully saturated rings. The maximum absolute atomic E-state index is 11.0. The van der Waals surface area contributed by atoms with Gasteiger partial charge in [-0.3, -0.25) is 4.79 Å². The summed E-state index contributed by atoms with van der Waals surface area (Å²) in [5.74, 6) is 0.911. The van der Waals surface area contributed by atoms with Gasteiger partial charge in [-0.15, -0.1) is 0 Å². The van der Waals surface area contributed by atoms with Crippen LogP contribution in [0.5, 0.6) is 0 Å². The van der Waals surface area contributed by atoms with Crippen LogP contribution < -0.4 is 11.5 Å². The Labute approximate surface area is 129 Å². The lowest BCUT2D eigenvalue weighted by molar-refractivity contribution is -0.118. The van der Waals surface area contributed by atoms with Crippen molar-refractivity contribution in [3.8, 4) is 0 Å². The third kappa shape index (κ3) is 5.16. The molecule has 1 rings (SSSR count). The van der Waals surface area contributed by atoms with E-state index in [2.05, 4.69) is 45.9 Å². The van der Waals surface area contributed by atoms with Crippen LogP contribution in [-0.2, 0) is 4.79 Å². The first-order valence-electron chi connectivity index (χ1n) is 7.90. The zero-order valence-electron chi connectivity index (χ0n) is 14.0. The zero-order valence-corrected chi connectivity index (χ0v) is 14.0. The predicted octanol–water partition coefficient (Wildman–Crippen LogP) is 3.83. The van der Waals surface area contributed by atoms with E-state index in [9.17, 15) is 4.79 Å². The molecule has 0 heterocycles. The largest absolute Gasteiger partial charge is 0.370 e. The van der Waals surface area contributed by atoms with Crippen LogP contribution in [0.4, 0.5) is 0 Å². The Morgan fingerprint density at radius 2 is 1.67 bits per heavy atom. The molecule has 0 radical (unpaired) electrons. The van der Waals surface area contributed by atoms with E-state index in [1.807, 2.05) is 6.92 Å². The van der Waals surface area contributed by atoms with Crippen LogP contribution >= 0.6 is 0 Å². The molecule has 2 unspecified atom stereocenters. The fourth-order valence-electron chi connectivity index (χ4n) is 2.78. The lowest BCUT2D eigenvalue weighted by Crippen LogP contribution is -2.20. The summed E-state index contributed by atoms with van der Waals surface area (Å²) in [5, 5.41) is 0. The number of hydrogen-bond acceptors (Lipinski definition) is 2. The van der Waals surface area contributed by atoms with Crippen LogP contribution in [0.1, 0.15) is 82.0 Å². The van der Waals surface area contributed by atoms with E-state index in [4.69, 9.17) is 11.5 Å². The highest BCUT2D eigenvalue weighted by Crippen LogP contribution is 2.30. The summed E-state index contributed by atoms with van der Waals surface area (Å²) in [6.07, 6.45) is 1.18. The quantitative estimate of drug-likeness (QED) is 0.801. The molecule has 3 nitrogen and oxygen atoms in total. The topological polar surface area (TPSA) is 69.1 Å². The molecule has 1 aromatic rings. The number of hydrogen-bond donors (Lipinski definition) is 2. The van der Waals surface area contributed by atoms with E-state index >= 15 is 0 Å². The van der Waals surface area contributed by atoms with E-state index in [0.717, 1.165) is 6.42 Å². The first-order chi connectivity index (χ1) is 9.72. The third-order valence-electron chi connectivity index (χ3n) is 4.00. The molecule has 2 atom stereocenters. The van der Waals surface area contributed by atoms with Crippen molar-refractivity contribution in [1.29, 1.82) is 0 Å². The number of carbonyl (C=O) groups excluding carboxylic acids is 1. The molecule has 4 N–H and O–H groups in total. The summed E-state index contributed by atoms with van der Waals surface area (Å²) in [6.45, 7) is 10.8. The second-order valence-electron chi connectivity index (χ2n) is 6.82. The standard InChI is InChI=1S/C18H30N2O/c1-11(2)14-6-7-15(16(10-14)12(3)4)17(19)8-13(5)9-18(20)21/h6-7,10-13,17H,8-9,19H2,1-5H3,(H2,20,21). The first kappa shape index (κ1) is 17.7. The van der Waals surface area contributed by atoms with Crippen LogP contribution in [0.25, 0.3) is 0 Å². The molecule has 1 amide bonds. The maximum Gasteiger partial charge on any atom is 0.217 e. The van der Waals surface area contributed by atoms with Gasteiger partial charge in [-0.2, -0.15) is 0 Å². The number of carbonyl (C=O) groups is 1. The molecule has 0 saturated carbocycles. The van der Waals surface area contributed by atoms with Crippen molar-refractivity contribution in [3.63, 3.8) is 0 Å². The van der Waals surface area contributed by atoms with Crippen molar-refractivity contribution < 1.29 is 4.79 Å². The number of amides is 1. The highest BCUT2D eigenvalue weighted by atomic mass is 16.1. The Bertz CT molecular complexity index is 480. The van der Waals surface area contributed by atoms with Crippen molar-refractivity contribution in [2.75, 3.05) is 0 Å². The molecular formula is C18H30N2O. The summed E-state index contributed by atoms with van der Waals surface area (Å²) >= 11 is 0. The highest BCUT2D eigenvalue weighted by Gasteiger charge is 2.18. The van der Waals surface area contributed by atoms with Crippen LogP contribution in [0.3, 0.4) is 0 Å². The monoisotopic (exact) mass is 290 g/mol. The van der Waals surface area contributed by atoms with Gasteiger partial charge in [0.05, 0.1) is 0 Å². The van der Waals surface area contributed by atoms with Crippen molar-refractivity contribution >= 4 is 5.91 Å². The minimum Gasteiger partial charge on any atom is -0.370 e. The van der Waals surface area contributed by atoms with Gasteiger partial charge in [0.1, 0.15) is 0 Å². The number of rotatable bonds is 7. The second-order valence-corrected chi connectivity index (χ2v) is 6.82. The molecule has 3 heteroatoms. The van der Waals surface area contributed by atoms with Gasteiger partial charge in [-0.1, -0.05) is 52.8 Å². The Kier molecular flexibility index (Phi) is 6.41. The molecule has 0 spiro atoms. The highest BCUT2D eigenvalue weighted by molar-refractivity contribution is 5.73. The smallest absolute Gasteiger partial charge is 0.217 e. The SMILES string of the molecule is CC(CC(N)=O)CC(N)c1ccc(C(C)C)cc1C(C)C. The fraction of sp³-hybridized carbons (Fsp3) is 0.611. The molecule has 118 valence electrons. The molecule has 0 saturated heterocycles. The van der Waals surface area contributed by atoms with Gasteiger partial charge in [-0.05, 0) is 40.9 Å². The summed E-state index contributed by atoms with van der Waals surface area (Å²) in [4.78, 5) is 11.0.